The molecule has 0 rings (SSSR count). The van der Waals surface area contributed by atoms with Crippen LogP contribution in [0.1, 0.15) is 102 Å². The maximum absolute atomic E-state index is 3.98. The molecular formula is C25H56N4. The Balaban J connectivity index is 5.20. The Morgan fingerprint density at radius 1 is 0.414 bits per heavy atom. The summed E-state index contributed by atoms with van der Waals surface area (Å²) < 4.78 is 0. The van der Waals surface area contributed by atoms with Gasteiger partial charge in [-0.3, -0.25) is 0 Å². The Morgan fingerprint density at radius 3 is 0.828 bits per heavy atom. The number of rotatable bonds is 12. The summed E-state index contributed by atoms with van der Waals surface area (Å²) in [4.78, 5) is 4.65. The van der Waals surface area contributed by atoms with Crippen LogP contribution in [0.3, 0.4) is 0 Å². The zero-order chi connectivity index (χ0) is 23.7. The first kappa shape index (κ1) is 28.8. The van der Waals surface area contributed by atoms with Crippen molar-refractivity contribution < 1.29 is 0 Å². The predicted molar refractivity (Wildman–Crippen MR) is 132 cm³/mol. The summed E-state index contributed by atoms with van der Waals surface area (Å²) in [5.74, 6) is 0. The Morgan fingerprint density at radius 2 is 0.621 bits per heavy atom. The van der Waals surface area contributed by atoms with Gasteiger partial charge >= 0.3 is 0 Å². The van der Waals surface area contributed by atoms with Gasteiger partial charge in [0.1, 0.15) is 0 Å². The van der Waals surface area contributed by atoms with E-state index in [1.807, 2.05) is 0 Å². The van der Waals surface area contributed by atoms with E-state index in [-0.39, 0.29) is 33.2 Å². The summed E-state index contributed by atoms with van der Waals surface area (Å²) in [5, 5.41) is 7.95. The van der Waals surface area contributed by atoms with Crippen molar-refractivity contribution in [1.29, 1.82) is 0 Å². The Bertz CT molecular complexity index is 465. The molecule has 0 bridgehead atoms. The van der Waals surface area contributed by atoms with Crippen LogP contribution >= 0.6 is 0 Å². The molecule has 2 N–H and O–H groups in total. The normalized spacial score (nSPS) is 15.5. The molecule has 0 aromatic heterocycles. The third-order valence-electron chi connectivity index (χ3n) is 6.41. The predicted octanol–water partition coefficient (Wildman–Crippen LogP) is 5.13. The van der Waals surface area contributed by atoms with E-state index in [1.54, 1.807) is 0 Å². The van der Waals surface area contributed by atoms with Crippen molar-refractivity contribution in [2.24, 2.45) is 0 Å². The molecule has 0 aromatic carbocycles. The van der Waals surface area contributed by atoms with Gasteiger partial charge in [0.25, 0.3) is 0 Å². The van der Waals surface area contributed by atoms with E-state index in [2.05, 4.69) is 132 Å². The minimum Gasteiger partial charge on any atom is -0.307 e. The Kier molecular flexibility index (Phi) is 9.09. The minimum absolute atomic E-state index is 0.0234. The lowest BCUT2D eigenvalue weighted by atomic mass is 9.79. The van der Waals surface area contributed by atoms with Crippen molar-refractivity contribution in [1.82, 2.24) is 20.4 Å². The lowest BCUT2D eigenvalue weighted by molar-refractivity contribution is 0.0958. The first-order chi connectivity index (χ1) is 12.4. The maximum Gasteiger partial charge on any atom is 0.0164 e. The molecule has 0 aromatic rings. The van der Waals surface area contributed by atoms with Crippen molar-refractivity contribution in [3.05, 3.63) is 0 Å². The minimum atomic E-state index is 0.0234. The van der Waals surface area contributed by atoms with Crippen LogP contribution < -0.4 is 10.6 Å². The van der Waals surface area contributed by atoms with Gasteiger partial charge in [-0.2, -0.15) is 0 Å². The molecule has 0 aliphatic carbocycles. The monoisotopic (exact) mass is 412 g/mol. The van der Waals surface area contributed by atoms with Gasteiger partial charge in [0, 0.05) is 33.2 Å². The summed E-state index contributed by atoms with van der Waals surface area (Å²) in [6.45, 7) is 28.0. The first-order valence-corrected chi connectivity index (χ1v) is 11.4. The van der Waals surface area contributed by atoms with Crippen LogP contribution in [-0.2, 0) is 0 Å². The highest BCUT2D eigenvalue weighted by Gasteiger charge is 2.39. The van der Waals surface area contributed by atoms with Gasteiger partial charge < -0.3 is 20.4 Å². The second kappa shape index (κ2) is 9.14. The van der Waals surface area contributed by atoms with Gasteiger partial charge in [0.15, 0.2) is 0 Å². The van der Waals surface area contributed by atoms with Crippen molar-refractivity contribution >= 4 is 0 Å². The fourth-order valence-electron chi connectivity index (χ4n) is 5.59. The fraction of sp³-hybridized carbons (Fsp3) is 1.00. The van der Waals surface area contributed by atoms with Crippen LogP contribution in [0.15, 0.2) is 0 Å². The summed E-state index contributed by atoms with van der Waals surface area (Å²) in [5.41, 5.74) is 0.455. The van der Waals surface area contributed by atoms with Gasteiger partial charge in [-0.15, -0.1) is 0 Å². The molecule has 0 aliphatic rings. The molecule has 0 unspecified atom stereocenters. The third-order valence-corrected chi connectivity index (χ3v) is 6.41. The molecule has 0 saturated heterocycles. The zero-order valence-corrected chi connectivity index (χ0v) is 23.0. The van der Waals surface area contributed by atoms with Crippen LogP contribution in [0.25, 0.3) is 0 Å². The lowest BCUT2D eigenvalue weighted by Crippen LogP contribution is -2.62. The molecule has 0 spiro atoms. The first-order valence-electron chi connectivity index (χ1n) is 11.4. The largest absolute Gasteiger partial charge is 0.307 e. The van der Waals surface area contributed by atoms with Crippen LogP contribution in [0.4, 0.5) is 0 Å². The SMILES string of the molecule is CN(C)C(C)(C)CC(C)(C)NC(C)(C)CC(C)(C)NC(C)(C)CC(C)(C)N(C)C. The molecule has 0 amide bonds. The standard InChI is InChI=1S/C25H56N4/c1-20(2,26-22(5,6)18-24(9,10)28(13)14)17-21(3,4)27-23(7,8)19-25(11,12)29(15)16/h26-27H,17-19H2,1-16H3. The van der Waals surface area contributed by atoms with E-state index in [0.717, 1.165) is 19.3 Å². The van der Waals surface area contributed by atoms with Gasteiger partial charge in [-0.25, -0.2) is 0 Å². The van der Waals surface area contributed by atoms with E-state index < -0.39 is 0 Å². The second-order valence-corrected chi connectivity index (χ2v) is 13.7. The van der Waals surface area contributed by atoms with E-state index >= 15 is 0 Å². The highest BCUT2D eigenvalue weighted by Crippen LogP contribution is 2.31. The molecule has 0 radical (unpaired) electrons. The topological polar surface area (TPSA) is 30.5 Å². The Hall–Kier alpha value is -0.160. The van der Waals surface area contributed by atoms with Crippen LogP contribution in [-0.4, -0.2) is 71.2 Å². The van der Waals surface area contributed by atoms with E-state index in [1.165, 1.54) is 0 Å². The van der Waals surface area contributed by atoms with Crippen LogP contribution in [0, 0.1) is 0 Å². The summed E-state index contributed by atoms with van der Waals surface area (Å²) in [6.07, 6.45) is 3.23. The summed E-state index contributed by atoms with van der Waals surface area (Å²) in [6, 6.07) is 0. The summed E-state index contributed by atoms with van der Waals surface area (Å²) >= 11 is 0. The molecule has 0 saturated carbocycles. The number of nitrogens with zero attached hydrogens (tertiary/aromatic N) is 2. The van der Waals surface area contributed by atoms with Crippen molar-refractivity contribution in [2.75, 3.05) is 28.2 Å². The molecule has 0 aliphatic heterocycles. The van der Waals surface area contributed by atoms with Crippen LogP contribution in [0.2, 0.25) is 0 Å². The maximum atomic E-state index is 3.98. The molecule has 4 nitrogen and oxygen atoms in total. The lowest BCUT2D eigenvalue weighted by Gasteiger charge is -2.48. The average molecular weight is 413 g/mol. The zero-order valence-electron chi connectivity index (χ0n) is 23.0. The smallest absolute Gasteiger partial charge is 0.0164 e. The fourth-order valence-corrected chi connectivity index (χ4v) is 5.59. The second-order valence-electron chi connectivity index (χ2n) is 13.7. The molecule has 0 atom stereocenters. The van der Waals surface area contributed by atoms with Gasteiger partial charge in [0.05, 0.1) is 0 Å². The molecule has 0 heterocycles. The van der Waals surface area contributed by atoms with Gasteiger partial charge in [-0.1, -0.05) is 0 Å². The molecule has 176 valence electrons. The Labute approximate surface area is 184 Å². The number of hydrogen-bond donors (Lipinski definition) is 2. The average Bonchev–Trinajstić information content (AvgIpc) is 2.29. The van der Waals surface area contributed by atoms with Crippen molar-refractivity contribution in [3.63, 3.8) is 0 Å². The quantitative estimate of drug-likeness (QED) is 0.465. The molecule has 29 heavy (non-hydrogen) atoms. The third kappa shape index (κ3) is 10.6. The molecule has 4 heteroatoms. The van der Waals surface area contributed by atoms with E-state index in [0.29, 0.717) is 0 Å². The van der Waals surface area contributed by atoms with Gasteiger partial charge in [-0.05, 0) is 131 Å². The van der Waals surface area contributed by atoms with E-state index in [4.69, 9.17) is 0 Å². The van der Waals surface area contributed by atoms with E-state index in [9.17, 15) is 0 Å². The molecule has 0 fully saturated rings. The highest BCUT2D eigenvalue weighted by atomic mass is 15.2. The summed E-state index contributed by atoms with van der Waals surface area (Å²) in [7, 11) is 8.69. The van der Waals surface area contributed by atoms with Gasteiger partial charge in [0.2, 0.25) is 0 Å². The molecular weight excluding hydrogens is 356 g/mol. The number of nitrogens with one attached hydrogen (secondary N) is 2. The number of hydrogen-bond acceptors (Lipinski definition) is 4. The van der Waals surface area contributed by atoms with Crippen LogP contribution in [0.5, 0.6) is 0 Å². The van der Waals surface area contributed by atoms with Crippen molar-refractivity contribution in [2.45, 2.75) is 136 Å². The highest BCUT2D eigenvalue weighted by molar-refractivity contribution is 5.01. The van der Waals surface area contributed by atoms with Crippen molar-refractivity contribution in [3.8, 4) is 0 Å².